The van der Waals surface area contributed by atoms with E-state index in [0.717, 1.165) is 37.9 Å². The molecule has 1 fully saturated rings. The summed E-state index contributed by atoms with van der Waals surface area (Å²) in [5.41, 5.74) is 2.28. The van der Waals surface area contributed by atoms with E-state index in [0.29, 0.717) is 6.42 Å². The summed E-state index contributed by atoms with van der Waals surface area (Å²) >= 11 is 1.68. The number of carbonyl (C=O) groups excluding carboxylic acids is 1. The lowest BCUT2D eigenvalue weighted by molar-refractivity contribution is -0.122. The fraction of sp³-hybridized carbons (Fsp3) is 0.444. The number of nitrogens with zero attached hydrogens (tertiary/aromatic N) is 1. The van der Waals surface area contributed by atoms with Crippen molar-refractivity contribution in [3.63, 3.8) is 0 Å². The van der Waals surface area contributed by atoms with Gasteiger partial charge in [0.05, 0.1) is 12.1 Å². The molecule has 122 valence electrons. The van der Waals surface area contributed by atoms with E-state index in [1.165, 1.54) is 5.56 Å². The first-order chi connectivity index (χ1) is 11.3. The Bertz CT molecular complexity index is 595. The molecule has 23 heavy (non-hydrogen) atoms. The van der Waals surface area contributed by atoms with Crippen LogP contribution >= 0.6 is 11.3 Å². The summed E-state index contributed by atoms with van der Waals surface area (Å²) < 4.78 is 5.59. The van der Waals surface area contributed by atoms with Gasteiger partial charge in [0.25, 0.3) is 0 Å². The van der Waals surface area contributed by atoms with Crippen molar-refractivity contribution in [3.05, 3.63) is 52.5 Å². The number of carbonyl (C=O) groups is 1. The number of thiophene rings is 1. The van der Waals surface area contributed by atoms with Crippen molar-refractivity contribution in [3.8, 4) is 0 Å². The van der Waals surface area contributed by atoms with Gasteiger partial charge in [0, 0.05) is 25.4 Å². The van der Waals surface area contributed by atoms with Gasteiger partial charge in [0.1, 0.15) is 0 Å². The maximum Gasteiger partial charge on any atom is 0.220 e. The lowest BCUT2D eigenvalue weighted by Crippen LogP contribution is -2.30. The van der Waals surface area contributed by atoms with Crippen LogP contribution in [0.2, 0.25) is 0 Å². The smallest absolute Gasteiger partial charge is 0.220 e. The van der Waals surface area contributed by atoms with Gasteiger partial charge >= 0.3 is 0 Å². The molecule has 1 saturated heterocycles. The van der Waals surface area contributed by atoms with Crippen LogP contribution in [0.1, 0.15) is 42.9 Å². The molecule has 1 aliphatic rings. The number of pyridine rings is 1. The molecule has 3 heterocycles. The molecule has 0 saturated carbocycles. The van der Waals surface area contributed by atoms with E-state index < -0.39 is 0 Å². The highest BCUT2D eigenvalue weighted by Gasteiger charge is 2.19. The summed E-state index contributed by atoms with van der Waals surface area (Å²) in [7, 11) is 0. The van der Waals surface area contributed by atoms with E-state index in [1.807, 2.05) is 18.3 Å². The molecular weight excluding hydrogens is 308 g/mol. The molecule has 1 aliphatic heterocycles. The Labute approximate surface area is 140 Å². The predicted molar refractivity (Wildman–Crippen MR) is 91.4 cm³/mol. The summed E-state index contributed by atoms with van der Waals surface area (Å²) in [6.07, 6.45) is 8.16. The topological polar surface area (TPSA) is 51.2 Å². The normalized spacial score (nSPS) is 18.7. The van der Waals surface area contributed by atoms with Crippen LogP contribution in [-0.4, -0.2) is 23.6 Å². The zero-order chi connectivity index (χ0) is 15.9. The van der Waals surface area contributed by atoms with Crippen LogP contribution in [0.25, 0.3) is 0 Å². The Balaban J connectivity index is 1.59. The molecule has 5 heteroatoms. The van der Waals surface area contributed by atoms with Crippen LogP contribution in [-0.2, 0) is 16.0 Å². The third-order valence-electron chi connectivity index (χ3n) is 4.16. The van der Waals surface area contributed by atoms with Crippen molar-refractivity contribution in [2.45, 2.75) is 44.2 Å². The molecular formula is C18H22N2O2S. The van der Waals surface area contributed by atoms with Crippen molar-refractivity contribution < 1.29 is 9.53 Å². The fourth-order valence-corrected chi connectivity index (χ4v) is 3.59. The van der Waals surface area contributed by atoms with Crippen LogP contribution < -0.4 is 5.32 Å². The van der Waals surface area contributed by atoms with Gasteiger partial charge < -0.3 is 10.1 Å². The Morgan fingerprint density at radius 2 is 2.43 bits per heavy atom. The second-order valence-corrected chi connectivity index (χ2v) is 6.70. The van der Waals surface area contributed by atoms with Crippen LogP contribution in [0.4, 0.5) is 0 Å². The molecule has 0 aliphatic carbocycles. The van der Waals surface area contributed by atoms with E-state index in [2.05, 4.69) is 27.1 Å². The van der Waals surface area contributed by atoms with Gasteiger partial charge in [0.2, 0.25) is 5.91 Å². The van der Waals surface area contributed by atoms with Gasteiger partial charge in [-0.3, -0.25) is 9.78 Å². The molecule has 0 bridgehead atoms. The van der Waals surface area contributed by atoms with Crippen molar-refractivity contribution in [1.82, 2.24) is 10.3 Å². The first-order valence-corrected chi connectivity index (χ1v) is 9.07. The van der Waals surface area contributed by atoms with Crippen molar-refractivity contribution in [1.29, 1.82) is 0 Å². The minimum Gasteiger partial charge on any atom is -0.378 e. The average molecular weight is 330 g/mol. The Morgan fingerprint density at radius 3 is 3.13 bits per heavy atom. The molecule has 4 nitrogen and oxygen atoms in total. The van der Waals surface area contributed by atoms with E-state index in [4.69, 9.17) is 4.74 Å². The molecule has 0 unspecified atom stereocenters. The number of nitrogens with one attached hydrogen (secondary N) is 1. The highest BCUT2D eigenvalue weighted by Crippen LogP contribution is 2.21. The first-order valence-electron chi connectivity index (χ1n) is 8.13. The maximum atomic E-state index is 12.3. The van der Waals surface area contributed by atoms with Gasteiger partial charge in [-0.25, -0.2) is 0 Å². The van der Waals surface area contributed by atoms with Gasteiger partial charge in [0.15, 0.2) is 0 Å². The monoisotopic (exact) mass is 330 g/mol. The largest absolute Gasteiger partial charge is 0.378 e. The molecule has 0 spiro atoms. The number of amides is 1. The molecule has 0 aromatic carbocycles. The van der Waals surface area contributed by atoms with E-state index >= 15 is 0 Å². The molecule has 1 amide bonds. The van der Waals surface area contributed by atoms with Gasteiger partial charge in [-0.2, -0.15) is 11.3 Å². The Hall–Kier alpha value is -1.72. The summed E-state index contributed by atoms with van der Waals surface area (Å²) in [5, 5.41) is 7.36. The van der Waals surface area contributed by atoms with Crippen molar-refractivity contribution in [2.24, 2.45) is 0 Å². The van der Waals surface area contributed by atoms with Crippen LogP contribution in [0, 0.1) is 0 Å². The summed E-state index contributed by atoms with van der Waals surface area (Å²) in [5.74, 6) is 0.0876. The van der Waals surface area contributed by atoms with Crippen molar-refractivity contribution in [2.75, 3.05) is 6.61 Å². The lowest BCUT2D eigenvalue weighted by atomic mass is 10.0. The third-order valence-corrected chi connectivity index (χ3v) is 4.89. The Morgan fingerprint density at radius 1 is 1.48 bits per heavy atom. The fourth-order valence-electron chi connectivity index (χ4n) is 2.91. The standard InChI is InChI=1S/C18H22N2O2S/c21-18(6-5-16-4-2-9-22-16)20-17(11-14-7-10-23-13-14)15-3-1-8-19-12-15/h1,3,7-8,10,12-13,16-17H,2,4-6,9,11H2,(H,20,21)/t16-,17+/m0/s1. The minimum absolute atomic E-state index is 0.0321. The van der Waals surface area contributed by atoms with Crippen LogP contribution in [0.5, 0.6) is 0 Å². The van der Waals surface area contributed by atoms with Crippen LogP contribution in [0.3, 0.4) is 0 Å². The highest BCUT2D eigenvalue weighted by molar-refractivity contribution is 7.07. The zero-order valence-corrected chi connectivity index (χ0v) is 13.9. The quantitative estimate of drug-likeness (QED) is 0.845. The van der Waals surface area contributed by atoms with E-state index in [9.17, 15) is 4.79 Å². The first kappa shape index (κ1) is 16.1. The number of hydrogen-bond donors (Lipinski definition) is 1. The second-order valence-electron chi connectivity index (χ2n) is 5.92. The molecule has 0 radical (unpaired) electrons. The molecule has 3 rings (SSSR count). The average Bonchev–Trinajstić information content (AvgIpc) is 3.27. The summed E-state index contributed by atoms with van der Waals surface area (Å²) in [4.78, 5) is 16.5. The lowest BCUT2D eigenvalue weighted by Gasteiger charge is -2.19. The number of ether oxygens (including phenoxy) is 1. The summed E-state index contributed by atoms with van der Waals surface area (Å²) in [6.45, 7) is 0.836. The summed E-state index contributed by atoms with van der Waals surface area (Å²) in [6, 6.07) is 6.00. The number of hydrogen-bond acceptors (Lipinski definition) is 4. The molecule has 2 aromatic rings. The minimum atomic E-state index is -0.0321. The third kappa shape index (κ3) is 4.88. The molecule has 2 atom stereocenters. The van der Waals surface area contributed by atoms with Gasteiger partial charge in [-0.15, -0.1) is 0 Å². The Kier molecular flexibility index (Phi) is 5.77. The highest BCUT2D eigenvalue weighted by atomic mass is 32.1. The van der Waals surface area contributed by atoms with E-state index in [1.54, 1.807) is 17.5 Å². The molecule has 1 N–H and O–H groups in total. The second kappa shape index (κ2) is 8.22. The van der Waals surface area contributed by atoms with E-state index in [-0.39, 0.29) is 18.1 Å². The van der Waals surface area contributed by atoms with Gasteiger partial charge in [-0.05, 0) is 59.7 Å². The SMILES string of the molecule is O=C(CC[C@@H]1CCCO1)N[C@H](Cc1ccsc1)c1cccnc1. The molecule has 2 aromatic heterocycles. The van der Waals surface area contributed by atoms with Crippen molar-refractivity contribution >= 4 is 17.2 Å². The number of aromatic nitrogens is 1. The zero-order valence-electron chi connectivity index (χ0n) is 13.1. The maximum absolute atomic E-state index is 12.3. The predicted octanol–water partition coefficient (Wildman–Crippen LogP) is 3.50. The van der Waals surface area contributed by atoms with Crippen LogP contribution in [0.15, 0.2) is 41.4 Å². The van der Waals surface area contributed by atoms with Gasteiger partial charge in [-0.1, -0.05) is 6.07 Å². The number of rotatable bonds is 7.